The summed E-state index contributed by atoms with van der Waals surface area (Å²) in [4.78, 5) is 14.4. The van der Waals surface area contributed by atoms with E-state index in [4.69, 9.17) is 0 Å². The van der Waals surface area contributed by atoms with Crippen LogP contribution in [0.25, 0.3) is 0 Å². The van der Waals surface area contributed by atoms with E-state index < -0.39 is 0 Å². The van der Waals surface area contributed by atoms with Crippen molar-refractivity contribution in [1.82, 2.24) is 10.2 Å². The van der Waals surface area contributed by atoms with Crippen LogP contribution in [0, 0.1) is 6.92 Å². The van der Waals surface area contributed by atoms with Gasteiger partial charge in [0.05, 0.1) is 6.04 Å². The molecule has 1 aliphatic rings. The Morgan fingerprint density at radius 2 is 2.00 bits per heavy atom. The van der Waals surface area contributed by atoms with Crippen molar-refractivity contribution in [3.05, 3.63) is 21.9 Å². The molecule has 2 rings (SSSR count). The minimum Gasteiger partial charge on any atom is -0.341 e. The van der Waals surface area contributed by atoms with Gasteiger partial charge < -0.3 is 10.2 Å². The zero-order chi connectivity index (χ0) is 13.7. The van der Waals surface area contributed by atoms with Gasteiger partial charge in [-0.15, -0.1) is 0 Å². The Bertz CT molecular complexity index is 408. The Balaban J connectivity index is 1.83. The molecule has 0 spiro atoms. The first-order valence-corrected chi connectivity index (χ1v) is 8.16. The lowest BCUT2D eigenvalue weighted by Crippen LogP contribution is -2.45. The Labute approximate surface area is 120 Å². The lowest BCUT2D eigenvalue weighted by molar-refractivity contribution is -0.133. The third-order valence-corrected chi connectivity index (χ3v) is 4.76. The number of carbonyl (C=O) groups is 1. The van der Waals surface area contributed by atoms with E-state index in [1.54, 1.807) is 11.3 Å². The smallest absolute Gasteiger partial charge is 0.239 e. The highest BCUT2D eigenvalue weighted by Gasteiger charge is 2.20. The minimum atomic E-state index is -0.0857. The second-order valence-corrected chi connectivity index (χ2v) is 6.17. The monoisotopic (exact) mass is 280 g/mol. The van der Waals surface area contributed by atoms with Gasteiger partial charge in [0, 0.05) is 19.6 Å². The van der Waals surface area contributed by atoms with E-state index in [0.717, 1.165) is 32.5 Å². The number of aryl methyl sites for hydroxylation is 1. The molecule has 1 aromatic rings. The van der Waals surface area contributed by atoms with E-state index in [1.165, 1.54) is 24.0 Å². The van der Waals surface area contributed by atoms with Gasteiger partial charge in [0.2, 0.25) is 5.91 Å². The van der Waals surface area contributed by atoms with Crippen LogP contribution in [0.4, 0.5) is 0 Å². The molecule has 0 saturated carbocycles. The van der Waals surface area contributed by atoms with E-state index in [9.17, 15) is 4.79 Å². The molecule has 1 amide bonds. The summed E-state index contributed by atoms with van der Waals surface area (Å²) in [6, 6.07) is -0.0857. The summed E-state index contributed by atoms with van der Waals surface area (Å²) in [5, 5.41) is 7.67. The molecule has 1 aliphatic heterocycles. The summed E-state index contributed by atoms with van der Waals surface area (Å²) < 4.78 is 0. The van der Waals surface area contributed by atoms with Gasteiger partial charge in [-0.1, -0.05) is 12.8 Å². The van der Waals surface area contributed by atoms with Crippen LogP contribution >= 0.6 is 11.3 Å². The molecule has 1 fully saturated rings. The molecular formula is C15H24N2OS. The molecule has 4 heteroatoms. The molecule has 1 aromatic heterocycles. The zero-order valence-electron chi connectivity index (χ0n) is 11.9. The van der Waals surface area contributed by atoms with Crippen LogP contribution in [0.3, 0.4) is 0 Å². The van der Waals surface area contributed by atoms with Crippen LogP contribution in [0.15, 0.2) is 10.8 Å². The summed E-state index contributed by atoms with van der Waals surface area (Å²) in [6.45, 7) is 6.75. The van der Waals surface area contributed by atoms with Gasteiger partial charge in [-0.2, -0.15) is 11.3 Å². The van der Waals surface area contributed by atoms with E-state index in [1.807, 2.05) is 11.8 Å². The number of hydrogen-bond acceptors (Lipinski definition) is 3. The first-order valence-electron chi connectivity index (χ1n) is 7.22. The average Bonchev–Trinajstić information content (AvgIpc) is 2.68. The Morgan fingerprint density at radius 1 is 1.32 bits per heavy atom. The van der Waals surface area contributed by atoms with Crippen molar-refractivity contribution in [1.29, 1.82) is 0 Å². The van der Waals surface area contributed by atoms with Gasteiger partial charge in [0.25, 0.3) is 0 Å². The lowest BCUT2D eigenvalue weighted by Gasteiger charge is -2.24. The van der Waals surface area contributed by atoms with Gasteiger partial charge in [0.1, 0.15) is 0 Å². The van der Waals surface area contributed by atoms with Crippen molar-refractivity contribution in [3.8, 4) is 0 Å². The molecule has 0 radical (unpaired) electrons. The molecule has 1 saturated heterocycles. The Kier molecular flexibility index (Phi) is 5.40. The topological polar surface area (TPSA) is 32.3 Å². The molecular weight excluding hydrogens is 256 g/mol. The maximum atomic E-state index is 12.4. The molecule has 2 heterocycles. The summed E-state index contributed by atoms with van der Waals surface area (Å²) >= 11 is 1.72. The summed E-state index contributed by atoms with van der Waals surface area (Å²) in [6.07, 6.45) is 4.84. The van der Waals surface area contributed by atoms with Crippen LogP contribution in [-0.4, -0.2) is 29.9 Å². The van der Waals surface area contributed by atoms with Crippen LogP contribution in [0.1, 0.15) is 43.7 Å². The fraction of sp³-hybridized carbons (Fsp3) is 0.667. The zero-order valence-corrected chi connectivity index (χ0v) is 12.8. The number of nitrogens with one attached hydrogen (secondary N) is 1. The molecule has 0 bridgehead atoms. The fourth-order valence-corrected chi connectivity index (χ4v) is 3.34. The van der Waals surface area contributed by atoms with Crippen LogP contribution in [-0.2, 0) is 11.3 Å². The van der Waals surface area contributed by atoms with Crippen molar-refractivity contribution in [2.24, 2.45) is 0 Å². The quantitative estimate of drug-likeness (QED) is 0.919. The van der Waals surface area contributed by atoms with Crippen molar-refractivity contribution >= 4 is 17.2 Å². The molecule has 19 heavy (non-hydrogen) atoms. The second kappa shape index (κ2) is 7.06. The highest BCUT2D eigenvalue weighted by Crippen LogP contribution is 2.14. The Morgan fingerprint density at radius 3 is 2.58 bits per heavy atom. The highest BCUT2D eigenvalue weighted by atomic mass is 32.1. The maximum Gasteiger partial charge on any atom is 0.239 e. The predicted molar refractivity (Wildman–Crippen MR) is 80.4 cm³/mol. The summed E-state index contributed by atoms with van der Waals surface area (Å²) in [5.74, 6) is 0.259. The van der Waals surface area contributed by atoms with E-state index in [0.29, 0.717) is 0 Å². The molecule has 3 nitrogen and oxygen atoms in total. The summed E-state index contributed by atoms with van der Waals surface area (Å²) in [7, 11) is 0. The van der Waals surface area contributed by atoms with E-state index in [-0.39, 0.29) is 11.9 Å². The normalized spacial score (nSPS) is 18.1. The maximum absolute atomic E-state index is 12.4. The van der Waals surface area contributed by atoms with Crippen molar-refractivity contribution in [2.45, 2.75) is 52.1 Å². The molecule has 0 aromatic carbocycles. The SMILES string of the molecule is Cc1cscc1CNC(C)C(=O)N1CCCCCC1. The number of likely N-dealkylation sites (tertiary alicyclic amines) is 1. The van der Waals surface area contributed by atoms with Crippen LogP contribution in [0.2, 0.25) is 0 Å². The first kappa shape index (κ1) is 14.5. The van der Waals surface area contributed by atoms with E-state index in [2.05, 4.69) is 23.0 Å². The van der Waals surface area contributed by atoms with Crippen molar-refractivity contribution in [2.75, 3.05) is 13.1 Å². The molecule has 106 valence electrons. The lowest BCUT2D eigenvalue weighted by atomic mass is 10.2. The highest BCUT2D eigenvalue weighted by molar-refractivity contribution is 7.08. The van der Waals surface area contributed by atoms with Crippen LogP contribution in [0.5, 0.6) is 0 Å². The van der Waals surface area contributed by atoms with Gasteiger partial charge in [-0.25, -0.2) is 0 Å². The number of nitrogens with zero attached hydrogens (tertiary/aromatic N) is 1. The first-order chi connectivity index (χ1) is 9.18. The third-order valence-electron chi connectivity index (χ3n) is 3.85. The number of rotatable bonds is 4. The minimum absolute atomic E-state index is 0.0857. The summed E-state index contributed by atoms with van der Waals surface area (Å²) in [5.41, 5.74) is 2.62. The number of carbonyl (C=O) groups excluding carboxylic acids is 1. The standard InChI is InChI=1S/C15H24N2OS/c1-12-10-19-11-14(12)9-16-13(2)15(18)17-7-5-3-4-6-8-17/h10-11,13,16H,3-9H2,1-2H3. The number of amides is 1. The third kappa shape index (κ3) is 4.05. The average molecular weight is 280 g/mol. The molecule has 1 N–H and O–H groups in total. The molecule has 1 unspecified atom stereocenters. The number of hydrogen-bond donors (Lipinski definition) is 1. The second-order valence-electron chi connectivity index (χ2n) is 5.42. The van der Waals surface area contributed by atoms with Crippen LogP contribution < -0.4 is 5.32 Å². The van der Waals surface area contributed by atoms with Gasteiger partial charge in [0.15, 0.2) is 0 Å². The van der Waals surface area contributed by atoms with Gasteiger partial charge >= 0.3 is 0 Å². The fourth-order valence-electron chi connectivity index (χ4n) is 2.48. The molecule has 1 atom stereocenters. The van der Waals surface area contributed by atoms with Crippen molar-refractivity contribution < 1.29 is 4.79 Å². The largest absolute Gasteiger partial charge is 0.341 e. The van der Waals surface area contributed by atoms with E-state index >= 15 is 0 Å². The van der Waals surface area contributed by atoms with Gasteiger partial charge in [-0.3, -0.25) is 4.79 Å². The van der Waals surface area contributed by atoms with Crippen molar-refractivity contribution in [3.63, 3.8) is 0 Å². The predicted octanol–water partition coefficient (Wildman–Crippen LogP) is 2.94. The Hall–Kier alpha value is -0.870. The number of thiophene rings is 1. The van der Waals surface area contributed by atoms with Gasteiger partial charge in [-0.05, 0) is 48.6 Å². The molecule has 0 aliphatic carbocycles.